The lowest BCUT2D eigenvalue weighted by atomic mass is 10.1. The highest BCUT2D eigenvalue weighted by molar-refractivity contribution is 8.15. The van der Waals surface area contributed by atoms with Crippen molar-refractivity contribution < 1.29 is 4.52 Å². The fourth-order valence-corrected chi connectivity index (χ4v) is 7.23. The highest BCUT2D eigenvalue weighted by atomic mass is 32.4. The van der Waals surface area contributed by atoms with Gasteiger partial charge in [-0.2, -0.15) is 15.4 Å². The van der Waals surface area contributed by atoms with E-state index in [2.05, 4.69) is 29.7 Å². The molecule has 6 nitrogen and oxygen atoms in total. The standard InChI is InChI=1S/C19H24N5OPS/c1-5-23(6-2)26(27)17-15(4)22-24(13-7-12-20)18(17)21-19(25-26)16-10-8-14(3)9-11-16/h8-11H,5-7,13H2,1-4H3/t26-/m1/s1. The Labute approximate surface area is 165 Å². The van der Waals surface area contributed by atoms with Gasteiger partial charge in [-0.05, 0) is 37.8 Å². The first-order valence-electron chi connectivity index (χ1n) is 9.10. The molecule has 2 heterocycles. The second kappa shape index (κ2) is 7.93. The normalized spacial score (nSPS) is 18.6. The molecule has 2 aromatic rings. The third-order valence-corrected chi connectivity index (χ3v) is 8.89. The van der Waals surface area contributed by atoms with E-state index in [0.29, 0.717) is 18.9 Å². The van der Waals surface area contributed by atoms with Crippen molar-refractivity contribution in [1.29, 1.82) is 5.26 Å². The number of aromatic nitrogens is 2. The van der Waals surface area contributed by atoms with Gasteiger partial charge in [0.05, 0.1) is 24.7 Å². The number of fused-ring (bicyclic) bond motifs is 1. The Hall–Kier alpha value is -2.00. The molecule has 8 heteroatoms. The number of benzene rings is 1. The van der Waals surface area contributed by atoms with E-state index in [4.69, 9.17) is 26.6 Å². The monoisotopic (exact) mass is 401 g/mol. The molecule has 0 bridgehead atoms. The molecule has 0 unspecified atom stereocenters. The third kappa shape index (κ3) is 3.58. The summed E-state index contributed by atoms with van der Waals surface area (Å²) in [5, 5.41) is 14.5. The van der Waals surface area contributed by atoms with Gasteiger partial charge in [0, 0.05) is 18.7 Å². The number of hydrogen-bond acceptors (Lipinski definition) is 5. The summed E-state index contributed by atoms with van der Waals surface area (Å²) >= 11 is 6.16. The van der Waals surface area contributed by atoms with Crippen molar-refractivity contribution in [1.82, 2.24) is 14.5 Å². The van der Waals surface area contributed by atoms with Crippen LogP contribution >= 0.6 is 6.42 Å². The predicted molar refractivity (Wildman–Crippen MR) is 112 cm³/mol. The minimum absolute atomic E-state index is 0.373. The fourth-order valence-electron chi connectivity index (χ4n) is 3.20. The van der Waals surface area contributed by atoms with Gasteiger partial charge in [-0.25, -0.2) is 9.35 Å². The van der Waals surface area contributed by atoms with Crippen LogP contribution in [0.5, 0.6) is 0 Å². The molecule has 0 fully saturated rings. The van der Waals surface area contributed by atoms with Crippen LogP contribution in [0.3, 0.4) is 0 Å². The van der Waals surface area contributed by atoms with Crippen molar-refractivity contribution in [3.05, 3.63) is 41.1 Å². The summed E-state index contributed by atoms with van der Waals surface area (Å²) in [4.78, 5) is 4.79. The van der Waals surface area contributed by atoms with Gasteiger partial charge >= 0.3 is 0 Å². The van der Waals surface area contributed by atoms with Crippen LogP contribution in [0.4, 0.5) is 5.82 Å². The molecule has 0 aliphatic carbocycles. The molecule has 1 aliphatic rings. The van der Waals surface area contributed by atoms with Crippen LogP contribution in [0.15, 0.2) is 29.3 Å². The predicted octanol–water partition coefficient (Wildman–Crippen LogP) is 3.80. The second-order valence-electron chi connectivity index (χ2n) is 6.42. The van der Waals surface area contributed by atoms with E-state index in [9.17, 15) is 0 Å². The van der Waals surface area contributed by atoms with Crippen LogP contribution < -0.4 is 5.30 Å². The van der Waals surface area contributed by atoms with Gasteiger partial charge in [-0.15, -0.1) is 0 Å². The molecular formula is C19H24N5OPS. The maximum Gasteiger partial charge on any atom is 0.227 e. The van der Waals surface area contributed by atoms with Gasteiger partial charge in [-0.1, -0.05) is 31.5 Å². The van der Waals surface area contributed by atoms with Crippen LogP contribution in [0, 0.1) is 25.2 Å². The molecule has 1 aromatic heterocycles. The maximum atomic E-state index is 8.99. The smallest absolute Gasteiger partial charge is 0.227 e. The number of nitriles is 1. The van der Waals surface area contributed by atoms with E-state index < -0.39 is 6.42 Å². The third-order valence-electron chi connectivity index (χ3n) is 4.61. The molecule has 1 aliphatic heterocycles. The minimum Gasteiger partial charge on any atom is -0.431 e. The SMILES string of the molecule is CCN(CC)[P@@]1(=S)OC(c2ccc(C)cc2)=Nc2c1c(C)nn2CCC#N. The molecule has 0 spiro atoms. The lowest BCUT2D eigenvalue weighted by Crippen LogP contribution is -2.32. The number of aliphatic imine (C=N–C) groups is 1. The lowest BCUT2D eigenvalue weighted by molar-refractivity contribution is 0.447. The summed E-state index contributed by atoms with van der Waals surface area (Å²) in [6.45, 7) is 10.2. The first-order valence-corrected chi connectivity index (χ1v) is 11.8. The van der Waals surface area contributed by atoms with E-state index in [1.165, 1.54) is 5.56 Å². The highest BCUT2D eigenvalue weighted by Gasteiger charge is 2.40. The first kappa shape index (κ1) is 19.8. The number of aryl methyl sites for hydroxylation is 3. The summed E-state index contributed by atoms with van der Waals surface area (Å²) in [6.07, 6.45) is -2.15. The number of hydrogen-bond donors (Lipinski definition) is 0. The van der Waals surface area contributed by atoms with E-state index >= 15 is 0 Å². The van der Waals surface area contributed by atoms with E-state index in [-0.39, 0.29) is 0 Å². The lowest BCUT2D eigenvalue weighted by Gasteiger charge is -2.35. The maximum absolute atomic E-state index is 8.99. The zero-order chi connectivity index (χ0) is 19.6. The summed E-state index contributed by atoms with van der Waals surface area (Å²) in [7, 11) is 0. The number of rotatable bonds is 6. The van der Waals surface area contributed by atoms with Crippen molar-refractivity contribution in [2.24, 2.45) is 4.99 Å². The topological polar surface area (TPSA) is 66.4 Å². The molecule has 0 saturated heterocycles. The Kier molecular flexibility index (Phi) is 5.81. The Morgan fingerprint density at radius 3 is 2.48 bits per heavy atom. The average Bonchev–Trinajstić information content (AvgIpc) is 2.98. The van der Waals surface area contributed by atoms with Crippen molar-refractivity contribution in [2.45, 2.75) is 40.7 Å². The Balaban J connectivity index is 2.20. The quantitative estimate of drug-likeness (QED) is 0.689. The molecule has 142 valence electrons. The van der Waals surface area contributed by atoms with E-state index in [0.717, 1.165) is 35.5 Å². The minimum atomic E-state index is -2.53. The van der Waals surface area contributed by atoms with Gasteiger partial charge in [0.1, 0.15) is 5.30 Å². The molecule has 1 atom stereocenters. The first-order chi connectivity index (χ1) is 12.9. The number of nitrogens with zero attached hydrogens (tertiary/aromatic N) is 5. The Bertz CT molecular complexity index is 954. The van der Waals surface area contributed by atoms with E-state index in [1.54, 1.807) is 4.68 Å². The van der Waals surface area contributed by atoms with Gasteiger partial charge in [0.2, 0.25) is 12.3 Å². The Morgan fingerprint density at radius 2 is 1.89 bits per heavy atom. The van der Waals surface area contributed by atoms with Crippen LogP contribution in [0.25, 0.3) is 0 Å². The van der Waals surface area contributed by atoms with Crippen LogP contribution in [0.2, 0.25) is 0 Å². The van der Waals surface area contributed by atoms with Crippen LogP contribution in [0.1, 0.15) is 37.1 Å². The summed E-state index contributed by atoms with van der Waals surface area (Å²) in [5.74, 6) is 1.27. The molecule has 0 amide bonds. The van der Waals surface area contributed by atoms with Crippen LogP contribution in [-0.4, -0.2) is 33.4 Å². The highest BCUT2D eigenvalue weighted by Crippen LogP contribution is 2.55. The molecule has 1 aromatic carbocycles. The zero-order valence-corrected chi connectivity index (χ0v) is 17.8. The van der Waals surface area contributed by atoms with Crippen molar-refractivity contribution >= 4 is 35.2 Å². The second-order valence-corrected chi connectivity index (χ2v) is 10.1. The summed E-state index contributed by atoms with van der Waals surface area (Å²) in [5.41, 5.74) is 2.91. The molecule has 27 heavy (non-hydrogen) atoms. The zero-order valence-electron chi connectivity index (χ0n) is 16.1. The van der Waals surface area contributed by atoms with Gasteiger partial charge in [0.25, 0.3) is 0 Å². The Morgan fingerprint density at radius 1 is 1.22 bits per heavy atom. The molecular weight excluding hydrogens is 377 g/mol. The molecule has 0 radical (unpaired) electrons. The van der Waals surface area contributed by atoms with Crippen molar-refractivity contribution in [3.8, 4) is 6.07 Å². The van der Waals surface area contributed by atoms with Gasteiger partial charge in [0.15, 0.2) is 5.82 Å². The molecule has 0 saturated carbocycles. The van der Waals surface area contributed by atoms with E-state index in [1.807, 2.05) is 38.1 Å². The average molecular weight is 401 g/mol. The van der Waals surface area contributed by atoms with Crippen LogP contribution in [-0.2, 0) is 22.9 Å². The summed E-state index contributed by atoms with van der Waals surface area (Å²) in [6, 6.07) is 10.3. The summed E-state index contributed by atoms with van der Waals surface area (Å²) < 4.78 is 10.5. The van der Waals surface area contributed by atoms with Crippen molar-refractivity contribution in [2.75, 3.05) is 13.1 Å². The largest absolute Gasteiger partial charge is 0.431 e. The van der Waals surface area contributed by atoms with Gasteiger partial charge < -0.3 is 4.52 Å². The molecule has 3 rings (SSSR count). The fraction of sp³-hybridized carbons (Fsp3) is 0.421. The van der Waals surface area contributed by atoms with Crippen molar-refractivity contribution in [3.63, 3.8) is 0 Å². The molecule has 0 N–H and O–H groups in total. The van der Waals surface area contributed by atoms with Gasteiger partial charge in [-0.3, -0.25) is 0 Å².